The first-order valence-electron chi connectivity index (χ1n) is 5.35. The highest BCUT2D eigenvalue weighted by Gasteiger charge is 2.33. The molecule has 1 amide bonds. The van der Waals surface area contributed by atoms with Crippen LogP contribution in [0.15, 0.2) is 24.3 Å². The average molecular weight is 256 g/mol. The third-order valence-corrected chi connectivity index (χ3v) is 2.82. The molecule has 2 rings (SSSR count). The van der Waals surface area contributed by atoms with Gasteiger partial charge in [-0.2, -0.15) is 13.2 Å². The van der Waals surface area contributed by atoms with Gasteiger partial charge in [-0.3, -0.25) is 4.79 Å². The number of alkyl halides is 3. The predicted molar refractivity (Wildman–Crippen MR) is 61.1 cm³/mol. The Morgan fingerprint density at radius 3 is 2.56 bits per heavy atom. The summed E-state index contributed by atoms with van der Waals surface area (Å²) in [5.41, 5.74) is 4.87. The number of benzene rings is 1. The number of halogens is 3. The molecule has 18 heavy (non-hydrogen) atoms. The SMILES string of the molecule is CCn1c(C(N)=O)cc2c(C(F)(F)F)cccc21. The van der Waals surface area contributed by atoms with Crippen LogP contribution in [0, 0.1) is 0 Å². The molecule has 0 bridgehead atoms. The molecule has 0 saturated heterocycles. The number of fused-ring (bicyclic) bond motifs is 1. The van der Waals surface area contributed by atoms with Crippen molar-refractivity contribution in [1.82, 2.24) is 4.57 Å². The number of primary amides is 1. The lowest BCUT2D eigenvalue weighted by atomic mass is 10.1. The average Bonchev–Trinajstić information content (AvgIpc) is 2.65. The second-order valence-electron chi connectivity index (χ2n) is 3.87. The molecule has 2 aromatic rings. The quantitative estimate of drug-likeness (QED) is 0.882. The van der Waals surface area contributed by atoms with Crippen molar-refractivity contribution in [2.45, 2.75) is 19.6 Å². The van der Waals surface area contributed by atoms with E-state index in [9.17, 15) is 18.0 Å². The number of carbonyl (C=O) groups excluding carboxylic acids is 1. The van der Waals surface area contributed by atoms with Crippen LogP contribution >= 0.6 is 0 Å². The molecule has 0 fully saturated rings. The first kappa shape index (κ1) is 12.5. The summed E-state index contributed by atoms with van der Waals surface area (Å²) < 4.78 is 40.0. The number of rotatable bonds is 2. The Bertz CT molecular complexity index is 614. The molecular formula is C12H11F3N2O. The van der Waals surface area contributed by atoms with Gasteiger partial charge < -0.3 is 10.3 Å². The number of aromatic nitrogens is 1. The monoisotopic (exact) mass is 256 g/mol. The van der Waals surface area contributed by atoms with Crippen molar-refractivity contribution in [1.29, 1.82) is 0 Å². The Kier molecular flexibility index (Phi) is 2.80. The Morgan fingerprint density at radius 1 is 1.39 bits per heavy atom. The van der Waals surface area contributed by atoms with E-state index < -0.39 is 17.6 Å². The molecule has 1 aromatic carbocycles. The van der Waals surface area contributed by atoms with E-state index in [1.807, 2.05) is 0 Å². The van der Waals surface area contributed by atoms with Gasteiger partial charge in [0.25, 0.3) is 5.91 Å². The fourth-order valence-electron chi connectivity index (χ4n) is 2.08. The molecule has 1 heterocycles. The highest BCUT2D eigenvalue weighted by molar-refractivity contribution is 5.98. The third-order valence-electron chi connectivity index (χ3n) is 2.82. The molecule has 6 heteroatoms. The second kappa shape index (κ2) is 4.04. The van der Waals surface area contributed by atoms with Crippen LogP contribution in [-0.4, -0.2) is 10.5 Å². The number of amides is 1. The third kappa shape index (κ3) is 1.83. The molecule has 0 atom stereocenters. The summed E-state index contributed by atoms with van der Waals surface area (Å²) in [5, 5.41) is 0.000602. The van der Waals surface area contributed by atoms with Crippen LogP contribution in [0.5, 0.6) is 0 Å². The zero-order valence-corrected chi connectivity index (χ0v) is 9.58. The zero-order valence-electron chi connectivity index (χ0n) is 9.58. The summed E-state index contributed by atoms with van der Waals surface area (Å²) in [7, 11) is 0. The normalized spacial score (nSPS) is 12.0. The standard InChI is InChI=1S/C12H11F3N2O/c1-2-17-9-5-3-4-8(12(13,14)15)7(9)6-10(17)11(16)18/h3-6H,2H2,1H3,(H2,16,18). The first-order valence-corrected chi connectivity index (χ1v) is 5.35. The fourth-order valence-corrected chi connectivity index (χ4v) is 2.08. The molecule has 0 spiro atoms. The lowest BCUT2D eigenvalue weighted by Crippen LogP contribution is -2.16. The highest BCUT2D eigenvalue weighted by Crippen LogP contribution is 2.35. The van der Waals surface area contributed by atoms with E-state index in [1.54, 1.807) is 13.0 Å². The van der Waals surface area contributed by atoms with Gasteiger partial charge in [0.15, 0.2) is 0 Å². The molecule has 3 nitrogen and oxygen atoms in total. The molecule has 0 aliphatic rings. The Labute approximate surface area is 101 Å². The molecule has 0 saturated carbocycles. The van der Waals surface area contributed by atoms with E-state index in [2.05, 4.69) is 0 Å². The lowest BCUT2D eigenvalue weighted by Gasteiger charge is -2.09. The zero-order chi connectivity index (χ0) is 13.5. The number of hydrogen-bond acceptors (Lipinski definition) is 1. The van der Waals surface area contributed by atoms with E-state index in [0.717, 1.165) is 6.07 Å². The maximum Gasteiger partial charge on any atom is 0.417 e. The molecule has 0 aliphatic heterocycles. The van der Waals surface area contributed by atoms with Gasteiger partial charge in [-0.1, -0.05) is 6.07 Å². The van der Waals surface area contributed by atoms with Crippen molar-refractivity contribution in [2.75, 3.05) is 0 Å². The number of nitrogens with zero attached hydrogens (tertiary/aromatic N) is 1. The van der Waals surface area contributed by atoms with Crippen LogP contribution in [0.3, 0.4) is 0 Å². The van der Waals surface area contributed by atoms with E-state index >= 15 is 0 Å². The minimum atomic E-state index is -4.45. The summed E-state index contributed by atoms with van der Waals surface area (Å²) in [5.74, 6) is -0.735. The van der Waals surface area contributed by atoms with Crippen molar-refractivity contribution in [2.24, 2.45) is 5.73 Å². The first-order chi connectivity index (χ1) is 8.36. The number of hydrogen-bond donors (Lipinski definition) is 1. The number of carbonyl (C=O) groups is 1. The van der Waals surface area contributed by atoms with Crippen LogP contribution in [0.4, 0.5) is 13.2 Å². The Balaban J connectivity index is 2.84. The maximum atomic E-state index is 12.8. The number of aryl methyl sites for hydroxylation is 1. The van der Waals surface area contributed by atoms with Crippen LogP contribution < -0.4 is 5.73 Å². The van der Waals surface area contributed by atoms with Gasteiger partial charge in [-0.15, -0.1) is 0 Å². The summed E-state index contributed by atoms with van der Waals surface area (Å²) in [6.07, 6.45) is -4.45. The predicted octanol–water partition coefficient (Wildman–Crippen LogP) is 2.78. The maximum absolute atomic E-state index is 12.8. The summed E-state index contributed by atoms with van der Waals surface area (Å²) in [4.78, 5) is 11.2. The van der Waals surface area contributed by atoms with Crippen molar-refractivity contribution in [3.63, 3.8) is 0 Å². The van der Waals surface area contributed by atoms with Crippen molar-refractivity contribution in [3.05, 3.63) is 35.5 Å². The smallest absolute Gasteiger partial charge is 0.364 e. The molecule has 96 valence electrons. The summed E-state index contributed by atoms with van der Waals surface area (Å²) in [6, 6.07) is 5.06. The van der Waals surface area contributed by atoms with Crippen molar-refractivity contribution < 1.29 is 18.0 Å². The second-order valence-corrected chi connectivity index (χ2v) is 3.87. The fraction of sp³-hybridized carbons (Fsp3) is 0.250. The van der Waals surface area contributed by atoms with Gasteiger partial charge in [0, 0.05) is 17.4 Å². The molecular weight excluding hydrogens is 245 g/mol. The molecule has 2 N–H and O–H groups in total. The highest BCUT2D eigenvalue weighted by atomic mass is 19.4. The minimum Gasteiger partial charge on any atom is -0.364 e. The Hall–Kier alpha value is -1.98. The number of nitrogens with two attached hydrogens (primary N) is 1. The van der Waals surface area contributed by atoms with E-state index in [-0.39, 0.29) is 11.1 Å². The molecule has 0 aliphatic carbocycles. The minimum absolute atomic E-state index is 0.000602. The van der Waals surface area contributed by atoms with Crippen molar-refractivity contribution in [3.8, 4) is 0 Å². The van der Waals surface area contributed by atoms with Crippen LogP contribution in [-0.2, 0) is 12.7 Å². The van der Waals surface area contributed by atoms with Crippen molar-refractivity contribution >= 4 is 16.8 Å². The van der Waals surface area contributed by atoms with Crippen LogP contribution in [0.2, 0.25) is 0 Å². The molecule has 1 aromatic heterocycles. The Morgan fingerprint density at radius 2 is 2.06 bits per heavy atom. The van der Waals surface area contributed by atoms with Gasteiger partial charge in [0.2, 0.25) is 0 Å². The van der Waals surface area contributed by atoms with Crippen LogP contribution in [0.1, 0.15) is 23.0 Å². The largest absolute Gasteiger partial charge is 0.417 e. The van der Waals surface area contributed by atoms with Gasteiger partial charge in [0.1, 0.15) is 5.69 Å². The van der Waals surface area contributed by atoms with Gasteiger partial charge in [0.05, 0.1) is 5.56 Å². The van der Waals surface area contributed by atoms with Gasteiger partial charge in [-0.25, -0.2) is 0 Å². The van der Waals surface area contributed by atoms with E-state index in [1.165, 1.54) is 16.7 Å². The molecule has 0 unspecified atom stereocenters. The van der Waals surface area contributed by atoms with E-state index in [0.29, 0.717) is 12.1 Å². The van der Waals surface area contributed by atoms with E-state index in [4.69, 9.17) is 5.73 Å². The van der Waals surface area contributed by atoms with Gasteiger partial charge in [-0.05, 0) is 25.1 Å². The summed E-state index contributed by atoms with van der Waals surface area (Å²) >= 11 is 0. The van der Waals surface area contributed by atoms with Gasteiger partial charge >= 0.3 is 6.18 Å². The van der Waals surface area contributed by atoms with Crippen LogP contribution in [0.25, 0.3) is 10.9 Å². The lowest BCUT2D eigenvalue weighted by molar-refractivity contribution is -0.136. The topological polar surface area (TPSA) is 48.0 Å². The molecule has 0 radical (unpaired) electrons. The summed E-state index contributed by atoms with van der Waals surface area (Å²) in [6.45, 7) is 2.12.